The van der Waals surface area contributed by atoms with Crippen LogP contribution in [0.1, 0.15) is 5.56 Å². The number of para-hydroxylation sites is 2. The van der Waals surface area contributed by atoms with Gasteiger partial charge in [-0.15, -0.1) is 0 Å². The first-order chi connectivity index (χ1) is 14.4. The second-order valence-corrected chi connectivity index (χ2v) is 7.01. The van der Waals surface area contributed by atoms with Crippen molar-refractivity contribution in [3.8, 4) is 17.2 Å². The molecule has 30 heavy (non-hydrogen) atoms. The Morgan fingerprint density at radius 3 is 2.43 bits per heavy atom. The molecule has 1 heterocycles. The second kappa shape index (κ2) is 9.31. The van der Waals surface area contributed by atoms with E-state index in [-0.39, 0.29) is 23.7 Å². The maximum atomic E-state index is 12.7. The van der Waals surface area contributed by atoms with Gasteiger partial charge in [-0.2, -0.15) is 0 Å². The minimum atomic E-state index is -0.544. The Bertz CT molecular complexity index is 1020. The second-order valence-electron chi connectivity index (χ2n) is 6.02. The molecule has 0 spiro atoms. The zero-order valence-electron chi connectivity index (χ0n) is 16.2. The average Bonchev–Trinajstić information content (AvgIpc) is 3.01. The minimum Gasteiger partial charge on any atom is -0.496 e. The molecule has 156 valence electrons. The molecule has 0 radical (unpaired) electrons. The van der Waals surface area contributed by atoms with Gasteiger partial charge in [0.15, 0.2) is 11.5 Å². The number of carbonyl (C=O) groups excluding carboxylic acids is 2. The molecule has 1 saturated heterocycles. The zero-order chi connectivity index (χ0) is 21.7. The summed E-state index contributed by atoms with van der Waals surface area (Å²) >= 11 is 0.757. The maximum Gasteiger partial charge on any atom is 0.293 e. The lowest BCUT2D eigenvalue weighted by molar-refractivity contribution is -0.384. The van der Waals surface area contributed by atoms with Gasteiger partial charge in [0.2, 0.25) is 0 Å². The zero-order valence-corrected chi connectivity index (χ0v) is 17.0. The minimum absolute atomic E-state index is 0.0477. The van der Waals surface area contributed by atoms with Crippen LogP contribution in [0.2, 0.25) is 0 Å². The summed E-state index contributed by atoms with van der Waals surface area (Å²) in [6, 6.07) is 11.1. The van der Waals surface area contributed by atoms with Gasteiger partial charge in [-0.3, -0.25) is 24.6 Å². The highest BCUT2D eigenvalue weighted by atomic mass is 32.2. The van der Waals surface area contributed by atoms with Gasteiger partial charge in [-0.25, -0.2) is 0 Å². The molecule has 0 aliphatic carbocycles. The van der Waals surface area contributed by atoms with Crippen LogP contribution < -0.4 is 14.2 Å². The molecule has 0 aromatic heterocycles. The van der Waals surface area contributed by atoms with Gasteiger partial charge in [-0.1, -0.05) is 12.1 Å². The third-order valence-corrected chi connectivity index (χ3v) is 5.13. The number of amides is 2. The molecule has 1 aliphatic heterocycles. The largest absolute Gasteiger partial charge is 0.496 e. The predicted molar refractivity (Wildman–Crippen MR) is 111 cm³/mol. The molecule has 1 fully saturated rings. The number of benzene rings is 2. The van der Waals surface area contributed by atoms with E-state index in [9.17, 15) is 19.7 Å². The first kappa shape index (κ1) is 21.2. The van der Waals surface area contributed by atoms with Crippen LogP contribution in [-0.4, -0.2) is 48.3 Å². The van der Waals surface area contributed by atoms with E-state index in [1.807, 2.05) is 0 Å². The highest BCUT2D eigenvalue weighted by molar-refractivity contribution is 8.18. The SMILES string of the molecule is COc1ccc([N+](=O)[O-])cc1/C=C1\SC(=O)N(CCOc2ccccc2OC)C1=O. The molecule has 0 atom stereocenters. The van der Waals surface area contributed by atoms with Crippen molar-refractivity contribution in [1.82, 2.24) is 4.90 Å². The van der Waals surface area contributed by atoms with Gasteiger partial charge in [0, 0.05) is 17.7 Å². The molecule has 0 N–H and O–H groups in total. The number of ether oxygens (including phenoxy) is 3. The fourth-order valence-corrected chi connectivity index (χ4v) is 3.62. The summed E-state index contributed by atoms with van der Waals surface area (Å²) in [5.41, 5.74) is 0.189. The lowest BCUT2D eigenvalue weighted by Gasteiger charge is -2.14. The number of nitrogens with zero attached hydrogens (tertiary/aromatic N) is 2. The topological polar surface area (TPSA) is 108 Å². The molecule has 0 saturated carbocycles. The summed E-state index contributed by atoms with van der Waals surface area (Å²) in [7, 11) is 2.94. The van der Waals surface area contributed by atoms with Crippen molar-refractivity contribution in [3.05, 3.63) is 63.0 Å². The number of rotatable bonds is 8. The van der Waals surface area contributed by atoms with Crippen molar-refractivity contribution < 1.29 is 28.7 Å². The van der Waals surface area contributed by atoms with Gasteiger partial charge < -0.3 is 14.2 Å². The van der Waals surface area contributed by atoms with Crippen molar-refractivity contribution in [3.63, 3.8) is 0 Å². The van der Waals surface area contributed by atoms with Crippen LogP contribution in [-0.2, 0) is 4.79 Å². The fourth-order valence-electron chi connectivity index (χ4n) is 2.77. The number of imide groups is 1. The summed E-state index contributed by atoms with van der Waals surface area (Å²) in [4.78, 5) is 36.6. The number of nitro benzene ring substituents is 1. The number of carbonyl (C=O) groups is 2. The van der Waals surface area contributed by atoms with Crippen molar-refractivity contribution >= 4 is 34.7 Å². The molecule has 3 rings (SSSR count). The Balaban J connectivity index is 1.73. The summed E-state index contributed by atoms with van der Waals surface area (Å²) in [5, 5.41) is 10.6. The Hall–Kier alpha value is -3.53. The lowest BCUT2D eigenvalue weighted by Crippen LogP contribution is -2.32. The van der Waals surface area contributed by atoms with Crippen molar-refractivity contribution in [2.24, 2.45) is 0 Å². The van der Waals surface area contributed by atoms with Gasteiger partial charge >= 0.3 is 0 Å². The molecule has 1 aliphatic rings. The molecule has 2 aromatic carbocycles. The Kier molecular flexibility index (Phi) is 6.58. The number of thioether (sulfide) groups is 1. The molecule has 0 bridgehead atoms. The van der Waals surface area contributed by atoms with Crippen LogP contribution >= 0.6 is 11.8 Å². The molecular weight excluding hydrogens is 412 g/mol. The maximum absolute atomic E-state index is 12.7. The Labute approximate surface area is 176 Å². The van der Waals surface area contributed by atoms with E-state index >= 15 is 0 Å². The number of hydrogen-bond acceptors (Lipinski definition) is 8. The van der Waals surface area contributed by atoms with Gasteiger partial charge in [0.25, 0.3) is 16.8 Å². The van der Waals surface area contributed by atoms with Crippen LogP contribution in [0.4, 0.5) is 10.5 Å². The predicted octanol–water partition coefficient (Wildman–Crippen LogP) is 3.73. The number of non-ortho nitro benzene ring substituents is 1. The number of methoxy groups -OCH3 is 2. The number of nitro groups is 1. The molecule has 0 unspecified atom stereocenters. The van der Waals surface area contributed by atoms with E-state index < -0.39 is 16.1 Å². The first-order valence-corrected chi connectivity index (χ1v) is 9.60. The van der Waals surface area contributed by atoms with E-state index in [1.54, 1.807) is 24.3 Å². The normalized spacial score (nSPS) is 14.9. The van der Waals surface area contributed by atoms with Crippen LogP contribution in [0.3, 0.4) is 0 Å². The third-order valence-electron chi connectivity index (χ3n) is 4.23. The lowest BCUT2D eigenvalue weighted by atomic mass is 10.1. The van der Waals surface area contributed by atoms with Crippen LogP contribution in [0.15, 0.2) is 47.4 Å². The molecule has 2 aromatic rings. The number of hydrogen-bond donors (Lipinski definition) is 0. The first-order valence-electron chi connectivity index (χ1n) is 8.78. The summed E-state index contributed by atoms with van der Waals surface area (Å²) in [6.45, 7) is 0.137. The molecule has 9 nitrogen and oxygen atoms in total. The Morgan fingerprint density at radius 2 is 1.77 bits per heavy atom. The fraction of sp³-hybridized carbons (Fsp3) is 0.200. The summed E-state index contributed by atoms with van der Waals surface area (Å²) in [6.07, 6.45) is 1.41. The quantitative estimate of drug-likeness (QED) is 0.354. The van der Waals surface area contributed by atoms with E-state index in [0.717, 1.165) is 16.7 Å². The summed E-state index contributed by atoms with van der Waals surface area (Å²) < 4.78 is 16.0. The van der Waals surface area contributed by atoms with Crippen molar-refractivity contribution in [2.75, 3.05) is 27.4 Å². The highest BCUT2D eigenvalue weighted by Crippen LogP contribution is 2.35. The highest BCUT2D eigenvalue weighted by Gasteiger charge is 2.35. The summed E-state index contributed by atoms with van der Waals surface area (Å²) in [5.74, 6) is 0.905. The standard InChI is InChI=1S/C20H18N2O7S/c1-27-15-8-7-14(22(25)26)11-13(15)12-18-19(23)21(20(24)30-18)9-10-29-17-6-4-3-5-16(17)28-2/h3-8,11-12H,9-10H2,1-2H3/b18-12-. The molecule has 10 heteroatoms. The molecule has 2 amide bonds. The average molecular weight is 430 g/mol. The van der Waals surface area contributed by atoms with Gasteiger partial charge in [0.1, 0.15) is 12.4 Å². The van der Waals surface area contributed by atoms with Gasteiger partial charge in [-0.05, 0) is 36.0 Å². The van der Waals surface area contributed by atoms with E-state index in [1.165, 1.54) is 38.5 Å². The van der Waals surface area contributed by atoms with Gasteiger partial charge in [0.05, 0.1) is 30.6 Å². The Morgan fingerprint density at radius 1 is 1.07 bits per heavy atom. The van der Waals surface area contributed by atoms with Crippen molar-refractivity contribution in [1.29, 1.82) is 0 Å². The van der Waals surface area contributed by atoms with Crippen molar-refractivity contribution in [2.45, 2.75) is 0 Å². The monoisotopic (exact) mass is 430 g/mol. The van der Waals surface area contributed by atoms with Crippen LogP contribution in [0.25, 0.3) is 6.08 Å². The smallest absolute Gasteiger partial charge is 0.293 e. The van der Waals surface area contributed by atoms with E-state index in [0.29, 0.717) is 22.8 Å². The van der Waals surface area contributed by atoms with Crippen LogP contribution in [0, 0.1) is 10.1 Å². The van der Waals surface area contributed by atoms with E-state index in [4.69, 9.17) is 14.2 Å². The van der Waals surface area contributed by atoms with E-state index in [2.05, 4.69) is 0 Å². The third kappa shape index (κ3) is 4.54. The van der Waals surface area contributed by atoms with Crippen LogP contribution in [0.5, 0.6) is 17.2 Å². The molecular formula is C20H18N2O7S.